The Morgan fingerprint density at radius 2 is 1.79 bits per heavy atom. The molecule has 0 bridgehead atoms. The number of carboxylic acid groups (broad SMARTS) is 1. The van der Waals surface area contributed by atoms with Crippen LogP contribution in [0.1, 0.15) is 5.56 Å². The van der Waals surface area contributed by atoms with Gasteiger partial charge in [-0.1, -0.05) is 12.1 Å². The number of halogens is 3. The van der Waals surface area contributed by atoms with Gasteiger partial charge in [0.2, 0.25) is 0 Å². The lowest BCUT2D eigenvalue weighted by molar-refractivity contribution is -0.175. The average molecular weight is 278 g/mol. The first kappa shape index (κ1) is 15.3. The molecule has 19 heavy (non-hydrogen) atoms. The molecule has 1 N–H and O–H groups in total. The van der Waals surface area contributed by atoms with Crippen molar-refractivity contribution in [2.45, 2.75) is 12.6 Å². The summed E-state index contributed by atoms with van der Waals surface area (Å²) >= 11 is 0. The van der Waals surface area contributed by atoms with Gasteiger partial charge >= 0.3 is 12.1 Å². The summed E-state index contributed by atoms with van der Waals surface area (Å²) in [7, 11) is 0. The number of hydrogen-bond acceptors (Lipinski definition) is 3. The van der Waals surface area contributed by atoms with E-state index in [0.29, 0.717) is 11.3 Å². The molecular weight excluding hydrogens is 265 g/mol. The third-order valence-corrected chi connectivity index (χ3v) is 2.04. The van der Waals surface area contributed by atoms with Gasteiger partial charge in [-0.15, -0.1) is 0 Å². The van der Waals surface area contributed by atoms with Crippen LogP contribution in [0.5, 0.6) is 5.75 Å². The molecule has 0 amide bonds. The second-order valence-electron chi connectivity index (χ2n) is 3.73. The first-order valence-corrected chi connectivity index (χ1v) is 5.45. The molecule has 4 nitrogen and oxygen atoms in total. The lowest BCUT2D eigenvalue weighted by Crippen LogP contribution is -2.19. The molecule has 0 saturated heterocycles. The van der Waals surface area contributed by atoms with Crippen LogP contribution in [0.25, 0.3) is 0 Å². The molecule has 0 fully saturated rings. The standard InChI is InChI=1S/C12H13F3O4/c13-12(14,15)8-18-5-6-19-10-3-1-9(2-4-10)7-11(16)17/h1-4H,5-8H2,(H,16,17). The van der Waals surface area contributed by atoms with Crippen molar-refractivity contribution in [3.63, 3.8) is 0 Å². The SMILES string of the molecule is O=C(O)Cc1ccc(OCCOCC(F)(F)F)cc1. The van der Waals surface area contributed by atoms with Crippen LogP contribution in [0.3, 0.4) is 0 Å². The normalized spacial score (nSPS) is 11.3. The van der Waals surface area contributed by atoms with Gasteiger partial charge < -0.3 is 14.6 Å². The Hall–Kier alpha value is -1.76. The summed E-state index contributed by atoms with van der Waals surface area (Å²) in [4.78, 5) is 10.4. The maximum Gasteiger partial charge on any atom is 0.411 e. The summed E-state index contributed by atoms with van der Waals surface area (Å²) in [6.45, 7) is -1.47. The first-order valence-electron chi connectivity index (χ1n) is 5.45. The minimum Gasteiger partial charge on any atom is -0.491 e. The number of aliphatic carboxylic acids is 1. The number of benzene rings is 1. The fourth-order valence-electron chi connectivity index (χ4n) is 1.28. The van der Waals surface area contributed by atoms with Crippen LogP contribution < -0.4 is 4.74 Å². The monoisotopic (exact) mass is 278 g/mol. The highest BCUT2D eigenvalue weighted by Crippen LogP contribution is 2.15. The van der Waals surface area contributed by atoms with Crippen LogP contribution in [0.2, 0.25) is 0 Å². The number of ether oxygens (including phenoxy) is 2. The van der Waals surface area contributed by atoms with E-state index in [1.165, 1.54) is 0 Å². The highest BCUT2D eigenvalue weighted by molar-refractivity contribution is 5.70. The van der Waals surface area contributed by atoms with Crippen molar-refractivity contribution in [3.8, 4) is 5.75 Å². The summed E-state index contributed by atoms with van der Waals surface area (Å²) in [5.74, 6) is -0.487. The molecular formula is C12H13F3O4. The second-order valence-corrected chi connectivity index (χ2v) is 3.73. The zero-order chi connectivity index (χ0) is 14.3. The highest BCUT2D eigenvalue weighted by Gasteiger charge is 2.27. The van der Waals surface area contributed by atoms with Crippen LogP contribution in [-0.2, 0) is 16.0 Å². The third kappa shape index (κ3) is 7.30. The number of hydrogen-bond donors (Lipinski definition) is 1. The average Bonchev–Trinajstić information content (AvgIpc) is 2.28. The van der Waals surface area contributed by atoms with E-state index < -0.39 is 18.8 Å². The summed E-state index contributed by atoms with van der Waals surface area (Å²) in [5, 5.41) is 8.56. The van der Waals surface area contributed by atoms with Crippen LogP contribution in [0, 0.1) is 0 Å². The molecule has 0 spiro atoms. The van der Waals surface area contributed by atoms with E-state index in [1.54, 1.807) is 24.3 Å². The predicted molar refractivity (Wildman–Crippen MR) is 60.2 cm³/mol. The molecule has 0 heterocycles. The smallest absolute Gasteiger partial charge is 0.411 e. The number of alkyl halides is 3. The number of carbonyl (C=O) groups is 1. The fraction of sp³-hybridized carbons (Fsp3) is 0.417. The number of rotatable bonds is 7. The Labute approximate surface area is 107 Å². The Balaban J connectivity index is 2.25. The molecule has 0 aliphatic heterocycles. The van der Waals surface area contributed by atoms with E-state index in [4.69, 9.17) is 9.84 Å². The van der Waals surface area contributed by atoms with E-state index in [9.17, 15) is 18.0 Å². The van der Waals surface area contributed by atoms with Gasteiger partial charge in [0.25, 0.3) is 0 Å². The minimum absolute atomic E-state index is 0.00560. The Kier molecular flexibility index (Phi) is 5.62. The van der Waals surface area contributed by atoms with Crippen molar-refractivity contribution >= 4 is 5.97 Å². The van der Waals surface area contributed by atoms with Crippen molar-refractivity contribution in [2.75, 3.05) is 19.8 Å². The summed E-state index contributed by atoms with van der Waals surface area (Å²) in [6.07, 6.45) is -4.42. The number of carboxylic acids is 1. The molecule has 106 valence electrons. The molecule has 1 aromatic carbocycles. The Morgan fingerprint density at radius 3 is 2.32 bits per heavy atom. The molecule has 7 heteroatoms. The topological polar surface area (TPSA) is 55.8 Å². The van der Waals surface area contributed by atoms with Crippen LogP contribution in [-0.4, -0.2) is 37.1 Å². The van der Waals surface area contributed by atoms with E-state index >= 15 is 0 Å². The maximum absolute atomic E-state index is 11.7. The second kappa shape index (κ2) is 6.98. The van der Waals surface area contributed by atoms with E-state index in [-0.39, 0.29) is 19.6 Å². The zero-order valence-electron chi connectivity index (χ0n) is 9.94. The van der Waals surface area contributed by atoms with Crippen LogP contribution in [0.15, 0.2) is 24.3 Å². The fourth-order valence-corrected chi connectivity index (χ4v) is 1.28. The van der Waals surface area contributed by atoms with Crippen molar-refractivity contribution in [1.82, 2.24) is 0 Å². The van der Waals surface area contributed by atoms with Gasteiger partial charge in [0.15, 0.2) is 0 Å². The molecule has 0 aliphatic carbocycles. The first-order chi connectivity index (χ1) is 8.87. The van der Waals surface area contributed by atoms with Gasteiger partial charge in [-0.3, -0.25) is 4.79 Å². The lowest BCUT2D eigenvalue weighted by Gasteiger charge is -2.09. The predicted octanol–water partition coefficient (Wildman–Crippen LogP) is 2.27. The van der Waals surface area contributed by atoms with Gasteiger partial charge in [-0.2, -0.15) is 13.2 Å². The minimum atomic E-state index is -4.33. The lowest BCUT2D eigenvalue weighted by atomic mass is 10.1. The largest absolute Gasteiger partial charge is 0.491 e. The van der Waals surface area contributed by atoms with Gasteiger partial charge in [-0.05, 0) is 17.7 Å². The Morgan fingerprint density at radius 1 is 1.16 bits per heavy atom. The molecule has 0 atom stereocenters. The van der Waals surface area contributed by atoms with Gasteiger partial charge in [0.05, 0.1) is 13.0 Å². The Bertz CT molecular complexity index is 400. The molecule has 0 aliphatic rings. The molecule has 1 aromatic rings. The molecule has 0 unspecified atom stereocenters. The zero-order valence-corrected chi connectivity index (χ0v) is 9.94. The summed E-state index contributed by atoms with van der Waals surface area (Å²) in [6, 6.07) is 6.28. The summed E-state index contributed by atoms with van der Waals surface area (Å²) in [5.41, 5.74) is 0.619. The van der Waals surface area contributed by atoms with E-state index in [0.717, 1.165) is 0 Å². The van der Waals surface area contributed by atoms with Gasteiger partial charge in [-0.25, -0.2) is 0 Å². The third-order valence-electron chi connectivity index (χ3n) is 2.04. The van der Waals surface area contributed by atoms with Crippen molar-refractivity contribution in [3.05, 3.63) is 29.8 Å². The van der Waals surface area contributed by atoms with Gasteiger partial charge in [0, 0.05) is 0 Å². The van der Waals surface area contributed by atoms with Crippen molar-refractivity contribution < 1.29 is 32.5 Å². The summed E-state index contributed by atoms with van der Waals surface area (Å²) < 4.78 is 44.7. The molecule has 0 aromatic heterocycles. The van der Waals surface area contributed by atoms with Crippen LogP contribution >= 0.6 is 0 Å². The molecule has 0 radical (unpaired) electrons. The highest BCUT2D eigenvalue weighted by atomic mass is 19.4. The van der Waals surface area contributed by atoms with E-state index in [2.05, 4.69) is 4.74 Å². The molecule has 1 rings (SSSR count). The maximum atomic E-state index is 11.7. The van der Waals surface area contributed by atoms with Crippen molar-refractivity contribution in [2.24, 2.45) is 0 Å². The quantitative estimate of drug-likeness (QED) is 0.777. The van der Waals surface area contributed by atoms with Gasteiger partial charge in [0.1, 0.15) is 19.0 Å². The van der Waals surface area contributed by atoms with E-state index in [1.807, 2.05) is 0 Å². The van der Waals surface area contributed by atoms with Crippen LogP contribution in [0.4, 0.5) is 13.2 Å². The van der Waals surface area contributed by atoms with Crippen molar-refractivity contribution in [1.29, 1.82) is 0 Å². The molecule has 0 saturated carbocycles.